The molecule has 2 aromatic heterocycles. The second-order valence-electron chi connectivity index (χ2n) is 7.18. The minimum atomic E-state index is -0.00568. The Bertz CT molecular complexity index is 1180. The van der Waals surface area contributed by atoms with E-state index in [1.165, 1.54) is 6.07 Å². The summed E-state index contributed by atoms with van der Waals surface area (Å²) < 4.78 is 5.89. The number of aryl methyl sites for hydroxylation is 2. The Morgan fingerprint density at radius 1 is 0.941 bits per heavy atom. The average molecular weight is 506 g/mol. The molecule has 0 aliphatic carbocycles. The molecule has 0 spiro atoms. The van der Waals surface area contributed by atoms with E-state index in [1.807, 2.05) is 71.3 Å². The zero-order valence-corrected chi connectivity index (χ0v) is 20.3. The van der Waals surface area contributed by atoms with Gasteiger partial charge in [0.25, 0.3) is 0 Å². The highest BCUT2D eigenvalue weighted by Crippen LogP contribution is 2.17. The van der Waals surface area contributed by atoms with Crippen molar-refractivity contribution in [2.24, 2.45) is 14.1 Å². The van der Waals surface area contributed by atoms with E-state index in [1.54, 1.807) is 24.3 Å². The summed E-state index contributed by atoms with van der Waals surface area (Å²) in [5.74, 6) is 0.367. The van der Waals surface area contributed by atoms with Crippen LogP contribution < -0.4 is 21.5 Å². The Balaban J connectivity index is 0.000000278. The molecule has 4 rings (SSSR count). The van der Waals surface area contributed by atoms with Gasteiger partial charge in [0.2, 0.25) is 12.7 Å². The second-order valence-corrected chi connectivity index (χ2v) is 7.45. The monoisotopic (exact) mass is 505 g/mol. The number of hydrogen-bond acceptors (Lipinski definition) is 4. The molecule has 3 N–H and O–H groups in total. The van der Waals surface area contributed by atoms with Crippen LogP contribution in [0.4, 0.5) is 0 Å². The molecule has 0 saturated heterocycles. The molecule has 0 atom stereocenters. The number of aromatic nitrogens is 4. The minimum absolute atomic E-state index is 0. The van der Waals surface area contributed by atoms with Crippen molar-refractivity contribution < 1.29 is 41.3 Å². The maximum absolute atomic E-state index is 10.7. The number of hydrogen-bond donors (Lipinski definition) is 3. The Hall–Kier alpha value is -3.62. The minimum Gasteiger partial charge on any atom is -1.00 e. The quantitative estimate of drug-likeness (QED) is 0.196. The van der Waals surface area contributed by atoms with Gasteiger partial charge in [-0.3, -0.25) is 14.6 Å². The predicted molar refractivity (Wildman–Crippen MR) is 123 cm³/mol. The number of halogens is 2. The van der Waals surface area contributed by atoms with Crippen LogP contribution in [0.25, 0.3) is 0 Å². The fourth-order valence-electron chi connectivity index (χ4n) is 2.75. The number of carbonyl (C=O) groups excluding carboxylic acids is 2. The molecule has 2 heterocycles. The molecular weight excluding hydrogens is 479 g/mol. The number of aromatic hydroxyl groups is 2. The van der Waals surface area contributed by atoms with Gasteiger partial charge in [0, 0.05) is 5.88 Å². The lowest BCUT2D eigenvalue weighted by Gasteiger charge is -2.01. The molecule has 0 amide bonds. The first-order valence-corrected chi connectivity index (χ1v) is 10.5. The normalized spacial score (nSPS) is 9.50. The smallest absolute Gasteiger partial charge is 0.243 e. The molecule has 180 valence electrons. The Kier molecular flexibility index (Phi) is 12.1. The predicted octanol–water partition coefficient (Wildman–Crippen LogP) is -0.334. The zero-order chi connectivity index (χ0) is 24.2. The molecule has 0 bridgehead atoms. The number of rotatable bonds is 5. The topological polar surface area (TPSA) is 103 Å². The molecular formula is C24H27Cl2N4O4+. The first-order chi connectivity index (χ1) is 15.9. The lowest BCUT2D eigenvalue weighted by molar-refractivity contribution is -0.671. The standard InChI is InChI=1S/C12H12N2O2.C8H7ClO2.C4H6N2.ClH/c1-13-4-5-14(9-13)7-10-2-3-12(16)11(6-10)8-15;9-4-6-1-2-8(11)7(3-6)5-10;1-6-3-2-5-4-6;/h2-6,8-9H,7H2,1H3;1-3,5,11H,4H2;2-4H,1H3;1H/p+1. The SMILES string of the molecule is C[n+]1cc[nH]c1.C[n+]1ccn(Cc2ccc(O)c(C=O)c2)c1.O=Cc1cc(CCl)ccc1O.[Cl-]. The molecule has 34 heavy (non-hydrogen) atoms. The summed E-state index contributed by atoms with van der Waals surface area (Å²) in [5.41, 5.74) is 2.42. The molecule has 4 aromatic rings. The number of benzene rings is 2. The fourth-order valence-corrected chi connectivity index (χ4v) is 2.91. The van der Waals surface area contributed by atoms with Gasteiger partial charge in [0.15, 0.2) is 12.6 Å². The highest BCUT2D eigenvalue weighted by molar-refractivity contribution is 6.17. The van der Waals surface area contributed by atoms with E-state index in [-0.39, 0.29) is 29.5 Å². The van der Waals surface area contributed by atoms with Crippen LogP contribution in [0.2, 0.25) is 0 Å². The van der Waals surface area contributed by atoms with Crippen LogP contribution in [0.1, 0.15) is 31.8 Å². The van der Waals surface area contributed by atoms with Crippen LogP contribution in [-0.4, -0.2) is 32.3 Å². The molecule has 8 nitrogen and oxygen atoms in total. The summed E-state index contributed by atoms with van der Waals surface area (Å²) in [6.07, 6.45) is 12.8. The first kappa shape index (κ1) is 28.4. The largest absolute Gasteiger partial charge is 1.00 e. The number of phenolic OH excluding ortho intramolecular Hbond substituents is 2. The number of aldehydes is 2. The summed E-state index contributed by atoms with van der Waals surface area (Å²) in [4.78, 5) is 23.8. The summed E-state index contributed by atoms with van der Waals surface area (Å²) in [5, 5.41) is 18.4. The van der Waals surface area contributed by atoms with Crippen LogP contribution in [0.15, 0.2) is 73.8 Å². The summed E-state index contributed by atoms with van der Waals surface area (Å²) in [7, 11) is 3.92. The van der Waals surface area contributed by atoms with E-state index in [0.29, 0.717) is 30.6 Å². The number of nitrogens with one attached hydrogen (secondary N) is 1. The van der Waals surface area contributed by atoms with E-state index in [0.717, 1.165) is 11.1 Å². The molecule has 0 fully saturated rings. The third kappa shape index (κ3) is 9.09. The number of H-pyrrole nitrogens is 1. The van der Waals surface area contributed by atoms with Crippen molar-refractivity contribution in [1.82, 2.24) is 9.55 Å². The van der Waals surface area contributed by atoms with Crippen LogP contribution in [0.5, 0.6) is 11.5 Å². The maximum atomic E-state index is 10.7. The third-order valence-electron chi connectivity index (χ3n) is 4.47. The van der Waals surface area contributed by atoms with Crippen molar-refractivity contribution in [1.29, 1.82) is 0 Å². The van der Waals surface area contributed by atoms with E-state index < -0.39 is 0 Å². The van der Waals surface area contributed by atoms with E-state index in [2.05, 4.69) is 4.98 Å². The van der Waals surface area contributed by atoms with Crippen LogP contribution in [0.3, 0.4) is 0 Å². The first-order valence-electron chi connectivity index (χ1n) is 9.95. The number of phenols is 2. The summed E-state index contributed by atoms with van der Waals surface area (Å²) >= 11 is 5.51. The third-order valence-corrected chi connectivity index (χ3v) is 4.77. The van der Waals surface area contributed by atoms with Gasteiger partial charge in [0.1, 0.15) is 42.8 Å². The van der Waals surface area contributed by atoms with Crippen molar-refractivity contribution in [3.05, 3.63) is 96.1 Å². The molecule has 0 aliphatic heterocycles. The second kappa shape index (κ2) is 14.5. The van der Waals surface area contributed by atoms with Gasteiger partial charge in [-0.05, 0) is 35.4 Å². The van der Waals surface area contributed by atoms with Gasteiger partial charge >= 0.3 is 0 Å². The van der Waals surface area contributed by atoms with Crippen molar-refractivity contribution >= 4 is 24.2 Å². The zero-order valence-electron chi connectivity index (χ0n) is 18.8. The Morgan fingerprint density at radius 3 is 1.94 bits per heavy atom. The number of nitrogens with zero attached hydrogens (tertiary/aromatic N) is 3. The highest BCUT2D eigenvalue weighted by atomic mass is 35.5. The van der Waals surface area contributed by atoms with E-state index >= 15 is 0 Å². The van der Waals surface area contributed by atoms with Crippen LogP contribution in [0, 0.1) is 0 Å². The van der Waals surface area contributed by atoms with Crippen LogP contribution in [-0.2, 0) is 26.5 Å². The lowest BCUT2D eigenvalue weighted by atomic mass is 10.1. The van der Waals surface area contributed by atoms with Gasteiger partial charge in [-0.25, -0.2) is 13.7 Å². The van der Waals surface area contributed by atoms with Crippen molar-refractivity contribution in [2.75, 3.05) is 0 Å². The van der Waals surface area contributed by atoms with Crippen molar-refractivity contribution in [3.8, 4) is 11.5 Å². The molecule has 0 unspecified atom stereocenters. The molecule has 0 radical (unpaired) electrons. The number of alkyl halides is 1. The highest BCUT2D eigenvalue weighted by Gasteiger charge is 2.05. The van der Waals surface area contributed by atoms with Crippen LogP contribution >= 0.6 is 11.6 Å². The summed E-state index contributed by atoms with van der Waals surface area (Å²) in [6, 6.07) is 9.75. The maximum Gasteiger partial charge on any atom is 0.243 e. The van der Waals surface area contributed by atoms with Gasteiger partial charge in [0.05, 0.1) is 25.2 Å². The molecule has 2 aromatic carbocycles. The number of carbonyl (C=O) groups is 2. The fraction of sp³-hybridized carbons (Fsp3) is 0.167. The van der Waals surface area contributed by atoms with Gasteiger partial charge in [-0.2, -0.15) is 0 Å². The molecule has 10 heteroatoms. The van der Waals surface area contributed by atoms with Crippen molar-refractivity contribution in [2.45, 2.75) is 12.4 Å². The Labute approximate surface area is 209 Å². The van der Waals surface area contributed by atoms with E-state index in [4.69, 9.17) is 16.7 Å². The van der Waals surface area contributed by atoms with Gasteiger partial charge in [-0.15, -0.1) is 11.6 Å². The molecule has 0 saturated carbocycles. The van der Waals surface area contributed by atoms with E-state index in [9.17, 15) is 14.7 Å². The number of aromatic amines is 1. The Morgan fingerprint density at radius 2 is 1.53 bits per heavy atom. The van der Waals surface area contributed by atoms with Gasteiger partial charge in [-0.1, -0.05) is 12.1 Å². The average Bonchev–Trinajstić information content (AvgIpc) is 3.47. The lowest BCUT2D eigenvalue weighted by Crippen LogP contribution is -3.00. The summed E-state index contributed by atoms with van der Waals surface area (Å²) in [6.45, 7) is 0.682. The molecule has 0 aliphatic rings. The van der Waals surface area contributed by atoms with Gasteiger partial charge < -0.3 is 22.6 Å². The number of imidazole rings is 2. The van der Waals surface area contributed by atoms with Crippen molar-refractivity contribution in [3.63, 3.8) is 0 Å².